The van der Waals surface area contributed by atoms with Crippen molar-refractivity contribution in [2.24, 2.45) is 0 Å². The molecular weight excluding hydrogens is 354 g/mol. The van der Waals surface area contributed by atoms with Gasteiger partial charge in [-0.1, -0.05) is 0 Å². The van der Waals surface area contributed by atoms with Crippen LogP contribution in [0.3, 0.4) is 0 Å². The van der Waals surface area contributed by atoms with Crippen LogP contribution in [0.5, 0.6) is 0 Å². The number of methoxy groups -OCH3 is 1. The monoisotopic (exact) mass is 375 g/mol. The highest BCUT2D eigenvalue weighted by molar-refractivity contribution is 7.86. The third-order valence-electron chi connectivity index (χ3n) is 2.59. The van der Waals surface area contributed by atoms with Gasteiger partial charge in [0, 0.05) is 19.5 Å². The van der Waals surface area contributed by atoms with Gasteiger partial charge in [-0.2, -0.15) is 16.8 Å². The molecule has 0 amide bonds. The van der Waals surface area contributed by atoms with Gasteiger partial charge in [-0.15, -0.1) is 0 Å². The Labute approximate surface area is 135 Å². The lowest BCUT2D eigenvalue weighted by atomic mass is 10.2. The molecule has 23 heavy (non-hydrogen) atoms. The second kappa shape index (κ2) is 9.93. The second-order valence-corrected chi connectivity index (χ2v) is 7.82. The number of aldehydes is 1. The molecular formula is C11H21NO9S2. The highest BCUT2D eigenvalue weighted by atomic mass is 32.2. The Bertz CT molecular complexity index is 547. The Morgan fingerprint density at radius 2 is 1.48 bits per heavy atom. The lowest BCUT2D eigenvalue weighted by Gasteiger charge is -2.28. The number of nitrogens with zero attached hydrogens (tertiary/aromatic N) is 1. The fraction of sp³-hybridized carbons (Fsp3) is 0.818. The largest absolute Gasteiger partial charge is 0.468 e. The first-order chi connectivity index (χ1) is 10.5. The van der Waals surface area contributed by atoms with Gasteiger partial charge in [0.1, 0.15) is 12.3 Å². The molecule has 1 atom stereocenters. The first kappa shape index (κ1) is 21.9. The van der Waals surface area contributed by atoms with E-state index < -0.39 is 32.2 Å². The molecule has 12 heteroatoms. The highest BCUT2D eigenvalue weighted by Gasteiger charge is 2.26. The quantitative estimate of drug-likeness (QED) is 0.222. The van der Waals surface area contributed by atoms with E-state index in [1.165, 1.54) is 4.90 Å². The predicted octanol–water partition coefficient (Wildman–Crippen LogP) is -1.63. The van der Waals surface area contributed by atoms with E-state index >= 15 is 0 Å². The maximum Gasteiger partial charge on any atom is 0.323 e. The van der Waals surface area contributed by atoms with Crippen molar-refractivity contribution >= 4 is 32.5 Å². The van der Waals surface area contributed by atoms with E-state index in [0.29, 0.717) is 6.29 Å². The van der Waals surface area contributed by atoms with E-state index in [9.17, 15) is 26.4 Å². The minimum absolute atomic E-state index is 0.0478. The fourth-order valence-corrected chi connectivity index (χ4v) is 2.41. The molecule has 0 aromatic rings. The summed E-state index contributed by atoms with van der Waals surface area (Å²) in [6, 6.07) is -0.996. The molecule has 1 unspecified atom stereocenters. The van der Waals surface area contributed by atoms with Gasteiger partial charge in [0.25, 0.3) is 20.2 Å². The molecule has 0 N–H and O–H groups in total. The van der Waals surface area contributed by atoms with Crippen LogP contribution in [0, 0.1) is 0 Å². The topological polar surface area (TPSA) is 133 Å². The van der Waals surface area contributed by atoms with Crippen molar-refractivity contribution in [1.29, 1.82) is 0 Å². The summed E-state index contributed by atoms with van der Waals surface area (Å²) in [5.74, 6) is -0.712. The normalized spacial score (nSPS) is 13.7. The van der Waals surface area contributed by atoms with Gasteiger partial charge in [0.2, 0.25) is 0 Å². The summed E-state index contributed by atoms with van der Waals surface area (Å²) in [5, 5.41) is 0. The van der Waals surface area contributed by atoms with Crippen LogP contribution >= 0.6 is 0 Å². The van der Waals surface area contributed by atoms with Gasteiger partial charge < -0.3 is 9.53 Å². The molecule has 0 fully saturated rings. The second-order valence-electron chi connectivity index (χ2n) is 4.53. The number of hydrogen-bond acceptors (Lipinski definition) is 10. The van der Waals surface area contributed by atoms with E-state index in [1.54, 1.807) is 0 Å². The number of hydrogen-bond donors (Lipinski definition) is 0. The molecule has 0 aromatic carbocycles. The molecule has 10 nitrogen and oxygen atoms in total. The smallest absolute Gasteiger partial charge is 0.323 e. The van der Waals surface area contributed by atoms with Crippen molar-refractivity contribution in [2.75, 3.05) is 45.9 Å². The lowest BCUT2D eigenvalue weighted by Crippen LogP contribution is -2.45. The van der Waals surface area contributed by atoms with E-state index in [-0.39, 0.29) is 32.7 Å². The summed E-state index contributed by atoms with van der Waals surface area (Å²) in [7, 11) is -6.20. The van der Waals surface area contributed by atoms with Crippen molar-refractivity contribution in [2.45, 2.75) is 12.5 Å². The SMILES string of the molecule is COC(=O)C(CC=O)N(CCOS(C)(=O)=O)CCOS(C)(=O)=O. The molecule has 0 aromatic heterocycles. The standard InChI is InChI=1S/C11H21NO9S2/c1-19-11(14)10(4-7-13)12(5-8-20-22(2,15)16)6-9-21-23(3,17)18/h7,10H,4-6,8-9H2,1-3H3. The average molecular weight is 375 g/mol. The van der Waals surface area contributed by atoms with Crippen molar-refractivity contribution in [3.63, 3.8) is 0 Å². The van der Waals surface area contributed by atoms with Crippen molar-refractivity contribution in [3.8, 4) is 0 Å². The number of carbonyl (C=O) groups excluding carboxylic acids is 2. The van der Waals surface area contributed by atoms with E-state index in [0.717, 1.165) is 19.6 Å². The zero-order valence-corrected chi connectivity index (χ0v) is 14.8. The van der Waals surface area contributed by atoms with Gasteiger partial charge in [-0.3, -0.25) is 18.1 Å². The molecule has 0 radical (unpaired) electrons. The van der Waals surface area contributed by atoms with Crippen LogP contribution in [0.2, 0.25) is 0 Å². The van der Waals surface area contributed by atoms with Gasteiger partial charge in [-0.05, 0) is 0 Å². The Morgan fingerprint density at radius 3 is 1.78 bits per heavy atom. The van der Waals surface area contributed by atoms with E-state index in [1.807, 2.05) is 0 Å². The van der Waals surface area contributed by atoms with Gasteiger partial charge in [0.05, 0.1) is 32.8 Å². The molecule has 0 aliphatic heterocycles. The molecule has 0 bridgehead atoms. The van der Waals surface area contributed by atoms with Crippen LogP contribution in [0.4, 0.5) is 0 Å². The molecule has 0 saturated heterocycles. The molecule has 0 saturated carbocycles. The maximum absolute atomic E-state index is 11.7. The first-order valence-corrected chi connectivity index (χ1v) is 10.1. The number of carbonyl (C=O) groups is 2. The molecule has 136 valence electrons. The zero-order chi connectivity index (χ0) is 18.1. The summed E-state index contributed by atoms with van der Waals surface area (Å²) in [5.41, 5.74) is 0. The summed E-state index contributed by atoms with van der Waals surface area (Å²) in [4.78, 5) is 23.8. The van der Waals surface area contributed by atoms with E-state index in [2.05, 4.69) is 13.1 Å². The maximum atomic E-state index is 11.7. The summed E-state index contributed by atoms with van der Waals surface area (Å²) in [6.07, 6.45) is 2.04. The average Bonchev–Trinajstić information content (AvgIpc) is 2.40. The molecule has 0 heterocycles. The highest BCUT2D eigenvalue weighted by Crippen LogP contribution is 2.07. The Balaban J connectivity index is 4.92. The van der Waals surface area contributed by atoms with Crippen LogP contribution in [-0.4, -0.2) is 86.0 Å². The summed E-state index contributed by atoms with van der Waals surface area (Å²) >= 11 is 0. The zero-order valence-electron chi connectivity index (χ0n) is 13.1. The summed E-state index contributed by atoms with van der Waals surface area (Å²) in [6.45, 7) is -0.643. The molecule has 0 rings (SSSR count). The fourth-order valence-electron chi connectivity index (χ4n) is 1.66. The van der Waals surface area contributed by atoms with Crippen molar-refractivity contribution in [3.05, 3.63) is 0 Å². The van der Waals surface area contributed by atoms with Gasteiger partial charge in [0.15, 0.2) is 0 Å². The Morgan fingerprint density at radius 1 is 1.04 bits per heavy atom. The van der Waals surface area contributed by atoms with Gasteiger partial charge in [-0.25, -0.2) is 0 Å². The molecule has 0 aliphatic rings. The number of rotatable bonds is 12. The van der Waals surface area contributed by atoms with Crippen molar-refractivity contribution < 1.29 is 39.5 Å². The Kier molecular flexibility index (Phi) is 9.46. The van der Waals surface area contributed by atoms with Crippen LogP contribution < -0.4 is 0 Å². The molecule has 0 spiro atoms. The number of esters is 1. The first-order valence-electron chi connectivity index (χ1n) is 6.44. The van der Waals surface area contributed by atoms with Gasteiger partial charge >= 0.3 is 5.97 Å². The Hall–Kier alpha value is -1.08. The van der Waals surface area contributed by atoms with Crippen LogP contribution in [0.15, 0.2) is 0 Å². The van der Waals surface area contributed by atoms with Crippen molar-refractivity contribution in [1.82, 2.24) is 4.90 Å². The lowest BCUT2D eigenvalue weighted by molar-refractivity contribution is -0.148. The van der Waals surface area contributed by atoms with Crippen LogP contribution in [0.25, 0.3) is 0 Å². The summed E-state index contributed by atoms with van der Waals surface area (Å²) < 4.78 is 57.5. The minimum Gasteiger partial charge on any atom is -0.468 e. The minimum atomic E-state index is -3.67. The van der Waals surface area contributed by atoms with Crippen LogP contribution in [0.1, 0.15) is 6.42 Å². The van der Waals surface area contributed by atoms with Crippen LogP contribution in [-0.2, 0) is 42.9 Å². The van der Waals surface area contributed by atoms with E-state index in [4.69, 9.17) is 0 Å². The molecule has 0 aliphatic carbocycles. The third kappa shape index (κ3) is 11.1. The third-order valence-corrected chi connectivity index (χ3v) is 3.77. The predicted molar refractivity (Wildman–Crippen MR) is 79.6 cm³/mol. The number of ether oxygens (including phenoxy) is 1.